The maximum Gasteiger partial charge on any atom is 0.260 e. The highest BCUT2D eigenvalue weighted by atomic mass is 35.5. The lowest BCUT2D eigenvalue weighted by atomic mass is 10.1. The number of carbonyl (C=O) groups is 1. The van der Waals surface area contributed by atoms with Crippen molar-refractivity contribution in [3.05, 3.63) is 75.7 Å². The fourth-order valence-corrected chi connectivity index (χ4v) is 3.34. The highest BCUT2D eigenvalue weighted by molar-refractivity contribution is 6.34. The summed E-state index contributed by atoms with van der Waals surface area (Å²) in [6, 6.07) is 11.4. The van der Waals surface area contributed by atoms with Gasteiger partial charge in [0.15, 0.2) is 17.2 Å². The van der Waals surface area contributed by atoms with Crippen molar-refractivity contribution in [3.8, 4) is 11.6 Å². The van der Waals surface area contributed by atoms with Gasteiger partial charge in [-0.3, -0.25) is 9.89 Å². The van der Waals surface area contributed by atoms with Gasteiger partial charge >= 0.3 is 0 Å². The molecule has 0 radical (unpaired) electrons. The number of methoxy groups -OCH3 is 1. The monoisotopic (exact) mass is 460 g/mol. The Hall–Kier alpha value is -3.36. The minimum atomic E-state index is -0.882. The van der Waals surface area contributed by atoms with Crippen molar-refractivity contribution in [2.45, 2.75) is 6.61 Å². The van der Waals surface area contributed by atoms with Crippen LogP contribution in [0.25, 0.3) is 11.0 Å². The third-order valence-electron chi connectivity index (χ3n) is 4.46. The summed E-state index contributed by atoms with van der Waals surface area (Å²) in [6.07, 6.45) is 1.40. The topological polar surface area (TPSA) is 89.1 Å². The van der Waals surface area contributed by atoms with Crippen LogP contribution in [0.4, 0.5) is 10.1 Å². The number of pyridine rings is 1. The van der Waals surface area contributed by atoms with E-state index in [2.05, 4.69) is 20.5 Å². The van der Waals surface area contributed by atoms with E-state index < -0.39 is 11.7 Å². The van der Waals surface area contributed by atoms with Crippen molar-refractivity contribution >= 4 is 45.8 Å². The Labute approximate surface area is 186 Å². The van der Waals surface area contributed by atoms with Crippen LogP contribution in [0.1, 0.15) is 15.9 Å². The van der Waals surface area contributed by atoms with Gasteiger partial charge in [0.2, 0.25) is 5.88 Å². The summed E-state index contributed by atoms with van der Waals surface area (Å²) in [5, 5.41) is 10.2. The van der Waals surface area contributed by atoms with E-state index in [4.69, 9.17) is 32.7 Å². The third kappa shape index (κ3) is 4.26. The molecule has 2 N–H and O–H groups in total. The van der Waals surface area contributed by atoms with E-state index >= 15 is 4.39 Å². The zero-order chi connectivity index (χ0) is 22.0. The highest BCUT2D eigenvalue weighted by Crippen LogP contribution is 2.30. The van der Waals surface area contributed by atoms with Gasteiger partial charge in [0.25, 0.3) is 5.91 Å². The number of aromatic amines is 1. The summed E-state index contributed by atoms with van der Waals surface area (Å²) in [4.78, 5) is 16.9. The maximum absolute atomic E-state index is 15.1. The Kier molecular flexibility index (Phi) is 5.92. The number of ether oxygens (including phenoxy) is 2. The van der Waals surface area contributed by atoms with Gasteiger partial charge in [-0.1, -0.05) is 41.4 Å². The standard InChI is InChI=1S/C21H15Cl2FN4O3/c1-30-21-13-8-12(9-25-19(13)27-28-21)26-20(29)17-15(23)6-7-16(18(17)24)31-10-11-4-2-3-5-14(11)22/h2-9H,10H2,1H3,(H,26,29)(H,25,27,28). The molecule has 4 rings (SSSR count). The molecular formula is C21H15Cl2FN4O3. The summed E-state index contributed by atoms with van der Waals surface area (Å²) in [7, 11) is 1.46. The SMILES string of the molecule is COc1n[nH]c2ncc(NC(=O)c3c(Cl)ccc(OCc4ccccc4Cl)c3F)cc12. The first kappa shape index (κ1) is 20.9. The number of aromatic nitrogens is 3. The van der Waals surface area contributed by atoms with Crippen molar-refractivity contribution in [1.82, 2.24) is 15.2 Å². The number of benzene rings is 2. The third-order valence-corrected chi connectivity index (χ3v) is 5.14. The number of anilines is 1. The van der Waals surface area contributed by atoms with Gasteiger partial charge in [0.1, 0.15) is 6.61 Å². The molecule has 2 aromatic heterocycles. The van der Waals surface area contributed by atoms with Gasteiger partial charge in [0.05, 0.1) is 35.0 Å². The molecule has 2 heterocycles. The quantitative estimate of drug-likeness (QED) is 0.410. The summed E-state index contributed by atoms with van der Waals surface area (Å²) < 4.78 is 25.7. The van der Waals surface area contributed by atoms with Crippen molar-refractivity contribution in [2.75, 3.05) is 12.4 Å². The van der Waals surface area contributed by atoms with Crippen molar-refractivity contribution in [1.29, 1.82) is 0 Å². The second-order valence-electron chi connectivity index (χ2n) is 6.42. The second kappa shape index (κ2) is 8.79. The lowest BCUT2D eigenvalue weighted by Crippen LogP contribution is -2.15. The predicted molar refractivity (Wildman–Crippen MR) is 116 cm³/mol. The molecule has 0 aliphatic rings. The van der Waals surface area contributed by atoms with E-state index in [0.29, 0.717) is 33.2 Å². The van der Waals surface area contributed by atoms with Gasteiger partial charge in [-0.05, 0) is 24.3 Å². The second-order valence-corrected chi connectivity index (χ2v) is 7.24. The molecule has 10 heteroatoms. The molecular weight excluding hydrogens is 446 g/mol. The zero-order valence-corrected chi connectivity index (χ0v) is 17.6. The summed E-state index contributed by atoms with van der Waals surface area (Å²) in [5.41, 5.74) is 1.12. The summed E-state index contributed by atoms with van der Waals surface area (Å²) in [6.45, 7) is 0.0279. The number of nitrogens with zero attached hydrogens (tertiary/aromatic N) is 2. The fourth-order valence-electron chi connectivity index (χ4n) is 2.92. The molecule has 0 unspecified atom stereocenters. The molecule has 0 fully saturated rings. The molecule has 0 bridgehead atoms. The minimum absolute atomic E-state index is 0.0279. The molecule has 0 aliphatic heterocycles. The van der Waals surface area contributed by atoms with Crippen molar-refractivity contribution < 1.29 is 18.7 Å². The lowest BCUT2D eigenvalue weighted by Gasteiger charge is -2.13. The fraction of sp³-hybridized carbons (Fsp3) is 0.0952. The molecule has 4 aromatic rings. The normalized spacial score (nSPS) is 10.8. The molecule has 0 atom stereocenters. The maximum atomic E-state index is 15.1. The molecule has 31 heavy (non-hydrogen) atoms. The van der Waals surface area contributed by atoms with E-state index in [1.165, 1.54) is 25.4 Å². The van der Waals surface area contributed by atoms with E-state index in [-0.39, 0.29) is 22.9 Å². The average molecular weight is 461 g/mol. The first-order valence-electron chi connectivity index (χ1n) is 9.01. The number of hydrogen-bond acceptors (Lipinski definition) is 5. The largest absolute Gasteiger partial charge is 0.486 e. The van der Waals surface area contributed by atoms with Gasteiger partial charge in [-0.2, -0.15) is 0 Å². The number of carbonyl (C=O) groups excluding carboxylic acids is 1. The summed E-state index contributed by atoms with van der Waals surface area (Å²) in [5.74, 6) is -1.45. The Morgan fingerprint density at radius 3 is 2.77 bits per heavy atom. The molecule has 0 saturated heterocycles. The van der Waals surface area contributed by atoms with Gasteiger partial charge in [-0.15, -0.1) is 5.10 Å². The van der Waals surface area contributed by atoms with E-state index in [9.17, 15) is 4.79 Å². The number of hydrogen-bond donors (Lipinski definition) is 2. The Balaban J connectivity index is 1.58. The van der Waals surface area contributed by atoms with Gasteiger partial charge in [0, 0.05) is 10.6 Å². The van der Waals surface area contributed by atoms with Crippen LogP contribution in [0.15, 0.2) is 48.7 Å². The molecule has 1 amide bonds. The number of rotatable bonds is 6. The molecule has 0 spiro atoms. The highest BCUT2D eigenvalue weighted by Gasteiger charge is 2.21. The van der Waals surface area contributed by atoms with Crippen LogP contribution >= 0.6 is 23.2 Å². The number of amides is 1. The van der Waals surface area contributed by atoms with Crippen LogP contribution in [0.2, 0.25) is 10.0 Å². The number of nitrogens with one attached hydrogen (secondary N) is 2. The van der Waals surface area contributed by atoms with E-state index in [0.717, 1.165) is 0 Å². The predicted octanol–water partition coefficient (Wildman–Crippen LogP) is 5.24. The molecule has 0 saturated carbocycles. The van der Waals surface area contributed by atoms with Crippen LogP contribution in [0, 0.1) is 5.82 Å². The number of halogens is 3. The lowest BCUT2D eigenvalue weighted by molar-refractivity contribution is 0.102. The zero-order valence-electron chi connectivity index (χ0n) is 16.1. The van der Waals surface area contributed by atoms with Crippen LogP contribution in [0.5, 0.6) is 11.6 Å². The van der Waals surface area contributed by atoms with Crippen LogP contribution in [-0.2, 0) is 6.61 Å². The average Bonchev–Trinajstić information content (AvgIpc) is 3.16. The molecule has 2 aromatic carbocycles. The Morgan fingerprint density at radius 1 is 1.19 bits per heavy atom. The first-order valence-corrected chi connectivity index (χ1v) is 9.77. The van der Waals surface area contributed by atoms with Gasteiger partial charge in [-0.25, -0.2) is 9.37 Å². The van der Waals surface area contributed by atoms with Crippen molar-refractivity contribution in [2.24, 2.45) is 0 Å². The van der Waals surface area contributed by atoms with Crippen LogP contribution in [0.3, 0.4) is 0 Å². The number of fused-ring (bicyclic) bond motifs is 1. The molecule has 158 valence electrons. The van der Waals surface area contributed by atoms with Gasteiger partial charge < -0.3 is 14.8 Å². The van der Waals surface area contributed by atoms with Crippen LogP contribution in [-0.4, -0.2) is 28.2 Å². The summed E-state index contributed by atoms with van der Waals surface area (Å²) >= 11 is 12.2. The number of H-pyrrole nitrogens is 1. The van der Waals surface area contributed by atoms with Crippen LogP contribution < -0.4 is 14.8 Å². The van der Waals surface area contributed by atoms with E-state index in [1.807, 2.05) is 0 Å². The Morgan fingerprint density at radius 2 is 2.00 bits per heavy atom. The van der Waals surface area contributed by atoms with Crippen molar-refractivity contribution in [3.63, 3.8) is 0 Å². The minimum Gasteiger partial charge on any atom is -0.486 e. The smallest absolute Gasteiger partial charge is 0.260 e. The van der Waals surface area contributed by atoms with E-state index in [1.54, 1.807) is 30.3 Å². The first-order chi connectivity index (χ1) is 15.0. The molecule has 0 aliphatic carbocycles. The Bertz CT molecular complexity index is 1280. The molecule has 7 nitrogen and oxygen atoms in total.